The average molecular weight is 252 g/mol. The van der Waals surface area contributed by atoms with E-state index < -0.39 is 0 Å². The van der Waals surface area contributed by atoms with E-state index in [2.05, 4.69) is 57.0 Å². The van der Waals surface area contributed by atoms with E-state index in [1.54, 1.807) is 0 Å². The number of hydrogen-bond acceptors (Lipinski definition) is 2. The maximum atomic E-state index is 3.82. The van der Waals surface area contributed by atoms with Crippen molar-refractivity contribution in [2.24, 2.45) is 5.92 Å². The number of rotatable bonds is 6. The van der Waals surface area contributed by atoms with Crippen LogP contribution < -0.4 is 5.32 Å². The fourth-order valence-corrected chi connectivity index (χ4v) is 3.04. The molecule has 1 N–H and O–H groups in total. The highest BCUT2D eigenvalue weighted by Crippen LogP contribution is 2.25. The van der Waals surface area contributed by atoms with Gasteiger partial charge in [0.1, 0.15) is 0 Å². The van der Waals surface area contributed by atoms with Crippen molar-refractivity contribution in [3.05, 3.63) is 12.2 Å². The second-order valence-electron chi connectivity index (χ2n) is 6.01. The molecule has 1 aliphatic heterocycles. The van der Waals surface area contributed by atoms with Crippen LogP contribution in [0.25, 0.3) is 0 Å². The van der Waals surface area contributed by atoms with E-state index in [4.69, 9.17) is 0 Å². The van der Waals surface area contributed by atoms with Crippen LogP contribution in [-0.2, 0) is 0 Å². The fraction of sp³-hybridized carbons (Fsp3) is 0.875. The maximum absolute atomic E-state index is 3.82. The molecule has 0 aromatic rings. The topological polar surface area (TPSA) is 15.3 Å². The second-order valence-corrected chi connectivity index (χ2v) is 6.01. The molecule has 1 fully saturated rings. The maximum Gasteiger partial charge on any atom is 0.0304 e. The highest BCUT2D eigenvalue weighted by molar-refractivity contribution is 4.98. The number of allylic oxidation sites excluding steroid dienone is 1. The summed E-state index contributed by atoms with van der Waals surface area (Å²) in [7, 11) is 0. The molecule has 2 heteroatoms. The molecule has 0 radical (unpaired) electrons. The lowest BCUT2D eigenvalue weighted by Crippen LogP contribution is -2.65. The van der Waals surface area contributed by atoms with Crippen LogP contribution in [0.2, 0.25) is 0 Å². The first-order valence-electron chi connectivity index (χ1n) is 7.68. The van der Waals surface area contributed by atoms with Gasteiger partial charge in [-0.25, -0.2) is 0 Å². The lowest BCUT2D eigenvalue weighted by atomic mass is 9.86. The third-order valence-corrected chi connectivity index (χ3v) is 4.60. The van der Waals surface area contributed by atoms with Gasteiger partial charge in [0.25, 0.3) is 0 Å². The predicted octanol–water partition coefficient (Wildman–Crippen LogP) is 3.44. The Balaban J connectivity index is 2.69. The van der Waals surface area contributed by atoms with Gasteiger partial charge in [0, 0.05) is 31.2 Å². The Kier molecular flexibility index (Phi) is 6.37. The van der Waals surface area contributed by atoms with Gasteiger partial charge in [-0.05, 0) is 32.1 Å². The molecule has 0 saturated carbocycles. The molecule has 0 spiro atoms. The van der Waals surface area contributed by atoms with E-state index in [9.17, 15) is 0 Å². The van der Waals surface area contributed by atoms with Gasteiger partial charge < -0.3 is 5.32 Å². The highest BCUT2D eigenvalue weighted by atomic mass is 15.3. The number of hydrogen-bond donors (Lipinski definition) is 1. The molecule has 2 nitrogen and oxygen atoms in total. The molecular formula is C16H32N2. The first kappa shape index (κ1) is 15.7. The summed E-state index contributed by atoms with van der Waals surface area (Å²) in [5.41, 5.74) is 0.349. The zero-order valence-electron chi connectivity index (χ0n) is 13.0. The Morgan fingerprint density at radius 2 is 2.00 bits per heavy atom. The molecule has 0 aromatic heterocycles. The fourth-order valence-electron chi connectivity index (χ4n) is 3.04. The van der Waals surface area contributed by atoms with Crippen LogP contribution >= 0.6 is 0 Å². The molecular weight excluding hydrogens is 220 g/mol. The number of piperazine rings is 1. The molecule has 0 aromatic carbocycles. The van der Waals surface area contributed by atoms with E-state index in [-0.39, 0.29) is 0 Å². The van der Waals surface area contributed by atoms with Gasteiger partial charge in [0.05, 0.1) is 0 Å². The summed E-state index contributed by atoms with van der Waals surface area (Å²) in [6.07, 6.45) is 8.10. The standard InChI is InChI=1S/C16H32N2/c1-6-9-10-11-18-13-16(7-2,8-3)17-12-15(18)14(4)5/h6,9,14-15,17H,7-8,10-13H2,1-5H3/b9-6+. The Labute approximate surface area is 114 Å². The van der Waals surface area contributed by atoms with Crippen LogP contribution in [-0.4, -0.2) is 36.1 Å². The van der Waals surface area contributed by atoms with Crippen LogP contribution in [0, 0.1) is 5.92 Å². The molecule has 1 saturated heterocycles. The first-order valence-corrected chi connectivity index (χ1v) is 7.68. The Bertz CT molecular complexity index is 254. The quantitative estimate of drug-likeness (QED) is 0.729. The van der Waals surface area contributed by atoms with E-state index in [0.29, 0.717) is 11.6 Å². The third-order valence-electron chi connectivity index (χ3n) is 4.60. The molecule has 1 aliphatic rings. The Hall–Kier alpha value is -0.340. The zero-order valence-corrected chi connectivity index (χ0v) is 13.0. The summed E-state index contributed by atoms with van der Waals surface area (Å²) in [6, 6.07) is 0.696. The lowest BCUT2D eigenvalue weighted by Gasteiger charge is -2.49. The van der Waals surface area contributed by atoms with Crippen molar-refractivity contribution in [2.45, 2.75) is 65.5 Å². The van der Waals surface area contributed by atoms with Crippen LogP contribution in [0.3, 0.4) is 0 Å². The van der Waals surface area contributed by atoms with Crippen molar-refractivity contribution in [1.82, 2.24) is 10.2 Å². The molecule has 1 rings (SSSR count). The van der Waals surface area contributed by atoms with Gasteiger partial charge in [-0.15, -0.1) is 0 Å². The summed E-state index contributed by atoms with van der Waals surface area (Å²) in [4.78, 5) is 2.72. The monoisotopic (exact) mass is 252 g/mol. The van der Waals surface area contributed by atoms with Crippen LogP contribution in [0.15, 0.2) is 12.2 Å². The summed E-state index contributed by atoms with van der Waals surface area (Å²) in [6.45, 7) is 15.0. The SMILES string of the molecule is C/C=C/CCN1CC(CC)(CC)NCC1C(C)C. The first-order chi connectivity index (χ1) is 8.58. The van der Waals surface area contributed by atoms with Crippen LogP contribution in [0.1, 0.15) is 53.9 Å². The summed E-state index contributed by atoms with van der Waals surface area (Å²) in [5, 5.41) is 3.82. The van der Waals surface area contributed by atoms with Gasteiger partial charge in [-0.2, -0.15) is 0 Å². The minimum absolute atomic E-state index is 0.349. The van der Waals surface area contributed by atoms with Gasteiger partial charge in [-0.1, -0.05) is 39.8 Å². The predicted molar refractivity (Wildman–Crippen MR) is 80.9 cm³/mol. The van der Waals surface area contributed by atoms with E-state index >= 15 is 0 Å². The minimum Gasteiger partial charge on any atom is -0.308 e. The molecule has 1 heterocycles. The van der Waals surface area contributed by atoms with Crippen LogP contribution in [0.4, 0.5) is 0 Å². The van der Waals surface area contributed by atoms with Crippen molar-refractivity contribution in [3.8, 4) is 0 Å². The van der Waals surface area contributed by atoms with Crippen molar-refractivity contribution in [3.63, 3.8) is 0 Å². The van der Waals surface area contributed by atoms with Crippen molar-refractivity contribution >= 4 is 0 Å². The summed E-state index contributed by atoms with van der Waals surface area (Å²) in [5.74, 6) is 0.731. The Morgan fingerprint density at radius 1 is 1.33 bits per heavy atom. The van der Waals surface area contributed by atoms with Crippen LogP contribution in [0.5, 0.6) is 0 Å². The molecule has 1 atom stereocenters. The molecule has 1 unspecified atom stereocenters. The largest absolute Gasteiger partial charge is 0.308 e. The van der Waals surface area contributed by atoms with Gasteiger partial charge in [-0.3, -0.25) is 4.90 Å². The van der Waals surface area contributed by atoms with Crippen molar-refractivity contribution in [1.29, 1.82) is 0 Å². The molecule has 0 bridgehead atoms. The highest BCUT2D eigenvalue weighted by Gasteiger charge is 2.37. The van der Waals surface area contributed by atoms with Gasteiger partial charge in [0.2, 0.25) is 0 Å². The number of nitrogens with zero attached hydrogens (tertiary/aromatic N) is 1. The molecule has 0 amide bonds. The molecule has 106 valence electrons. The lowest BCUT2D eigenvalue weighted by molar-refractivity contribution is 0.0519. The van der Waals surface area contributed by atoms with E-state index in [0.717, 1.165) is 12.5 Å². The van der Waals surface area contributed by atoms with E-state index in [1.807, 2.05) is 0 Å². The third kappa shape index (κ3) is 3.83. The molecule has 0 aliphatic carbocycles. The summed E-state index contributed by atoms with van der Waals surface area (Å²) < 4.78 is 0. The van der Waals surface area contributed by atoms with Gasteiger partial charge in [0.15, 0.2) is 0 Å². The summed E-state index contributed by atoms with van der Waals surface area (Å²) >= 11 is 0. The smallest absolute Gasteiger partial charge is 0.0304 e. The average Bonchev–Trinajstić information content (AvgIpc) is 2.38. The number of nitrogens with one attached hydrogen (secondary N) is 1. The van der Waals surface area contributed by atoms with Crippen molar-refractivity contribution < 1.29 is 0 Å². The normalized spacial score (nSPS) is 25.1. The second kappa shape index (κ2) is 7.30. The molecule has 18 heavy (non-hydrogen) atoms. The van der Waals surface area contributed by atoms with Crippen molar-refractivity contribution in [2.75, 3.05) is 19.6 Å². The van der Waals surface area contributed by atoms with Gasteiger partial charge >= 0.3 is 0 Å². The van der Waals surface area contributed by atoms with E-state index in [1.165, 1.54) is 32.4 Å². The zero-order chi connectivity index (χ0) is 13.6. The minimum atomic E-state index is 0.349. The Morgan fingerprint density at radius 3 is 2.50 bits per heavy atom.